The minimum Gasteiger partial charge on any atom is -0.336 e. The molecule has 1 aliphatic rings. The maximum Gasteiger partial charge on any atom is 0.282 e. The Kier molecular flexibility index (Phi) is 5.31. The number of para-hydroxylation sites is 1. The van der Waals surface area contributed by atoms with Crippen LogP contribution in [0.15, 0.2) is 48.5 Å². The lowest BCUT2D eigenvalue weighted by atomic mass is 10.1. The molecule has 0 spiro atoms. The summed E-state index contributed by atoms with van der Waals surface area (Å²) in [5.41, 5.74) is 1.13. The van der Waals surface area contributed by atoms with Crippen molar-refractivity contribution in [3.05, 3.63) is 74.8 Å². The second-order valence-electron chi connectivity index (χ2n) is 5.97. The van der Waals surface area contributed by atoms with Gasteiger partial charge < -0.3 is 4.90 Å². The lowest BCUT2D eigenvalue weighted by Crippen LogP contribution is -2.48. The average Bonchev–Trinajstić information content (AvgIpc) is 2.62. The van der Waals surface area contributed by atoms with Crippen molar-refractivity contribution in [1.82, 2.24) is 9.80 Å². The van der Waals surface area contributed by atoms with Crippen LogP contribution < -0.4 is 0 Å². The first kappa shape index (κ1) is 17.4. The van der Waals surface area contributed by atoms with Crippen molar-refractivity contribution in [3.63, 3.8) is 0 Å². The number of nitro groups is 1. The van der Waals surface area contributed by atoms with Gasteiger partial charge in [-0.3, -0.25) is 19.8 Å². The van der Waals surface area contributed by atoms with Gasteiger partial charge >= 0.3 is 0 Å². The van der Waals surface area contributed by atoms with Crippen LogP contribution in [0.2, 0.25) is 5.02 Å². The van der Waals surface area contributed by atoms with E-state index >= 15 is 0 Å². The van der Waals surface area contributed by atoms with Crippen LogP contribution >= 0.6 is 11.6 Å². The molecule has 1 heterocycles. The van der Waals surface area contributed by atoms with Gasteiger partial charge in [-0.25, -0.2) is 0 Å². The van der Waals surface area contributed by atoms with E-state index in [1.54, 1.807) is 17.0 Å². The molecular weight excluding hydrogens is 342 g/mol. The number of benzene rings is 2. The molecule has 2 aromatic rings. The van der Waals surface area contributed by atoms with Crippen LogP contribution in [0.1, 0.15) is 15.9 Å². The number of halogens is 1. The molecule has 1 saturated heterocycles. The second-order valence-corrected chi connectivity index (χ2v) is 6.41. The molecule has 0 bridgehead atoms. The summed E-state index contributed by atoms with van der Waals surface area (Å²) in [4.78, 5) is 27.1. The Bertz CT molecular complexity index is 789. The van der Waals surface area contributed by atoms with E-state index in [0.29, 0.717) is 18.1 Å². The number of nitro benzene ring substituents is 1. The number of carbonyl (C=O) groups is 1. The Morgan fingerprint density at radius 3 is 2.48 bits per heavy atom. The highest BCUT2D eigenvalue weighted by Crippen LogP contribution is 2.21. The van der Waals surface area contributed by atoms with E-state index in [2.05, 4.69) is 4.90 Å². The van der Waals surface area contributed by atoms with E-state index in [0.717, 1.165) is 25.2 Å². The summed E-state index contributed by atoms with van der Waals surface area (Å²) >= 11 is 6.01. The largest absolute Gasteiger partial charge is 0.336 e. The molecule has 0 aliphatic carbocycles. The zero-order chi connectivity index (χ0) is 17.8. The van der Waals surface area contributed by atoms with Crippen molar-refractivity contribution in [2.75, 3.05) is 26.2 Å². The second kappa shape index (κ2) is 7.63. The molecular formula is C18H18ClN3O3. The topological polar surface area (TPSA) is 66.7 Å². The molecule has 1 aliphatic heterocycles. The van der Waals surface area contributed by atoms with Crippen LogP contribution in [0.5, 0.6) is 0 Å². The third kappa shape index (κ3) is 4.15. The Morgan fingerprint density at radius 1 is 1.08 bits per heavy atom. The zero-order valence-electron chi connectivity index (χ0n) is 13.6. The van der Waals surface area contributed by atoms with Crippen molar-refractivity contribution in [1.29, 1.82) is 0 Å². The molecule has 0 N–H and O–H groups in total. The molecule has 2 aromatic carbocycles. The molecule has 0 radical (unpaired) electrons. The van der Waals surface area contributed by atoms with Crippen LogP contribution in [-0.2, 0) is 6.54 Å². The zero-order valence-corrected chi connectivity index (χ0v) is 14.4. The highest BCUT2D eigenvalue weighted by molar-refractivity contribution is 6.30. The van der Waals surface area contributed by atoms with Crippen molar-refractivity contribution in [3.8, 4) is 0 Å². The SMILES string of the molecule is O=C(c1ccccc1[N+](=O)[O-])N1CCN(Cc2cccc(Cl)c2)CC1. The summed E-state index contributed by atoms with van der Waals surface area (Å²) in [7, 11) is 0. The summed E-state index contributed by atoms with van der Waals surface area (Å²) in [5.74, 6) is -0.283. The first-order chi connectivity index (χ1) is 12.0. The molecule has 7 heteroatoms. The van der Waals surface area contributed by atoms with Crippen molar-refractivity contribution < 1.29 is 9.72 Å². The van der Waals surface area contributed by atoms with E-state index in [-0.39, 0.29) is 17.2 Å². The Morgan fingerprint density at radius 2 is 1.80 bits per heavy atom. The maximum absolute atomic E-state index is 12.6. The average molecular weight is 360 g/mol. The van der Waals surface area contributed by atoms with E-state index < -0.39 is 4.92 Å². The molecule has 0 aromatic heterocycles. The molecule has 0 unspecified atom stereocenters. The van der Waals surface area contributed by atoms with Gasteiger partial charge in [0, 0.05) is 43.8 Å². The van der Waals surface area contributed by atoms with Gasteiger partial charge in [0.1, 0.15) is 5.56 Å². The first-order valence-electron chi connectivity index (χ1n) is 8.04. The Balaban J connectivity index is 1.62. The number of piperazine rings is 1. The van der Waals surface area contributed by atoms with Crippen LogP contribution in [-0.4, -0.2) is 46.8 Å². The standard InChI is InChI=1S/C18H18ClN3O3/c19-15-5-3-4-14(12-15)13-20-8-10-21(11-9-20)18(23)16-6-1-2-7-17(16)22(24)25/h1-7,12H,8-11,13H2. The quantitative estimate of drug-likeness (QED) is 0.621. The fraction of sp³-hybridized carbons (Fsp3) is 0.278. The first-order valence-corrected chi connectivity index (χ1v) is 8.42. The van der Waals surface area contributed by atoms with Gasteiger partial charge in [-0.05, 0) is 23.8 Å². The summed E-state index contributed by atoms with van der Waals surface area (Å²) < 4.78 is 0. The molecule has 6 nitrogen and oxygen atoms in total. The molecule has 3 rings (SSSR count). The van der Waals surface area contributed by atoms with Gasteiger partial charge in [-0.1, -0.05) is 35.9 Å². The molecule has 0 atom stereocenters. The summed E-state index contributed by atoms with van der Waals surface area (Å²) in [6, 6.07) is 13.8. The molecule has 130 valence electrons. The van der Waals surface area contributed by atoms with E-state index in [4.69, 9.17) is 11.6 Å². The smallest absolute Gasteiger partial charge is 0.282 e. The summed E-state index contributed by atoms with van der Waals surface area (Å²) in [6.07, 6.45) is 0. The van der Waals surface area contributed by atoms with E-state index in [9.17, 15) is 14.9 Å². The van der Waals surface area contributed by atoms with E-state index in [1.807, 2.05) is 24.3 Å². The Hall–Kier alpha value is -2.44. The number of hydrogen-bond donors (Lipinski definition) is 0. The van der Waals surface area contributed by atoms with Gasteiger partial charge in [0.15, 0.2) is 0 Å². The van der Waals surface area contributed by atoms with Crippen LogP contribution in [0.3, 0.4) is 0 Å². The normalized spacial score (nSPS) is 15.2. The predicted octanol–water partition coefficient (Wildman–Crippen LogP) is 3.21. The van der Waals surface area contributed by atoms with Gasteiger partial charge in [0.25, 0.3) is 11.6 Å². The van der Waals surface area contributed by atoms with Crippen LogP contribution in [0.4, 0.5) is 5.69 Å². The van der Waals surface area contributed by atoms with Gasteiger partial charge in [0.2, 0.25) is 0 Å². The fourth-order valence-corrected chi connectivity index (χ4v) is 3.20. The minimum absolute atomic E-state index is 0.145. The van der Waals surface area contributed by atoms with Crippen molar-refractivity contribution in [2.45, 2.75) is 6.54 Å². The predicted molar refractivity (Wildman–Crippen MR) is 95.7 cm³/mol. The lowest BCUT2D eigenvalue weighted by Gasteiger charge is -2.34. The highest BCUT2D eigenvalue weighted by atomic mass is 35.5. The van der Waals surface area contributed by atoms with E-state index in [1.165, 1.54) is 12.1 Å². The lowest BCUT2D eigenvalue weighted by molar-refractivity contribution is -0.385. The molecule has 1 fully saturated rings. The van der Waals surface area contributed by atoms with Gasteiger partial charge in [-0.2, -0.15) is 0 Å². The van der Waals surface area contributed by atoms with Crippen molar-refractivity contribution in [2.24, 2.45) is 0 Å². The highest BCUT2D eigenvalue weighted by Gasteiger charge is 2.27. The molecule has 1 amide bonds. The number of nitrogens with zero attached hydrogens (tertiary/aromatic N) is 3. The number of carbonyl (C=O) groups excluding carboxylic acids is 1. The van der Waals surface area contributed by atoms with Crippen LogP contribution in [0.25, 0.3) is 0 Å². The molecule has 25 heavy (non-hydrogen) atoms. The summed E-state index contributed by atoms with van der Waals surface area (Å²) in [6.45, 7) is 3.31. The third-order valence-corrected chi connectivity index (χ3v) is 4.52. The number of hydrogen-bond acceptors (Lipinski definition) is 4. The maximum atomic E-state index is 12.6. The molecule has 0 saturated carbocycles. The number of rotatable bonds is 4. The number of amides is 1. The monoisotopic (exact) mass is 359 g/mol. The van der Waals surface area contributed by atoms with Crippen LogP contribution in [0, 0.1) is 10.1 Å². The van der Waals surface area contributed by atoms with Gasteiger partial charge in [0.05, 0.1) is 4.92 Å². The van der Waals surface area contributed by atoms with Crippen molar-refractivity contribution >= 4 is 23.2 Å². The van der Waals surface area contributed by atoms with Gasteiger partial charge in [-0.15, -0.1) is 0 Å². The summed E-state index contributed by atoms with van der Waals surface area (Å²) in [5, 5.41) is 11.8. The minimum atomic E-state index is -0.511. The fourth-order valence-electron chi connectivity index (χ4n) is 2.99. The Labute approximate surface area is 150 Å². The third-order valence-electron chi connectivity index (χ3n) is 4.29.